The Bertz CT molecular complexity index is 1080. The van der Waals surface area contributed by atoms with Gasteiger partial charge in [-0.25, -0.2) is 9.59 Å². The third-order valence-corrected chi connectivity index (χ3v) is 5.64. The molecule has 0 heterocycles. The summed E-state index contributed by atoms with van der Waals surface area (Å²) in [5.74, 6) is 4.35. The fourth-order valence-corrected chi connectivity index (χ4v) is 3.77. The highest BCUT2D eigenvalue weighted by atomic mass is 16.5. The minimum absolute atomic E-state index is 0.0291. The number of unbranched alkanes of at least 4 members (excludes halogenated alkanes) is 6. The smallest absolute Gasteiger partial charge is 0.331 e. The van der Waals surface area contributed by atoms with E-state index in [2.05, 4.69) is 18.8 Å². The summed E-state index contributed by atoms with van der Waals surface area (Å²) in [5, 5.41) is 21.1. The fourth-order valence-electron chi connectivity index (χ4n) is 3.77. The topological polar surface area (TPSA) is 119 Å². The van der Waals surface area contributed by atoms with Crippen molar-refractivity contribution in [3.05, 3.63) is 53.6 Å². The van der Waals surface area contributed by atoms with Gasteiger partial charge in [-0.15, -0.1) is 0 Å². The van der Waals surface area contributed by atoms with Crippen LogP contribution in [0.25, 0.3) is 10.8 Å². The molecule has 2 aromatic carbocycles. The van der Waals surface area contributed by atoms with Gasteiger partial charge in [0.1, 0.15) is 18.5 Å². The molecular weight excluding hydrogens is 446 g/mol. The van der Waals surface area contributed by atoms with E-state index in [1.807, 2.05) is 24.3 Å². The Balaban J connectivity index is 2.09. The molecule has 0 bridgehead atoms. The number of phenols is 1. The van der Waals surface area contributed by atoms with E-state index in [0.29, 0.717) is 17.0 Å². The Hall–Kier alpha value is -3.34. The van der Waals surface area contributed by atoms with Gasteiger partial charge in [0, 0.05) is 42.2 Å². The average molecular weight is 482 g/mol. The van der Waals surface area contributed by atoms with Crippen LogP contribution < -0.4 is 5.73 Å². The van der Waals surface area contributed by atoms with Crippen molar-refractivity contribution in [3.63, 3.8) is 0 Å². The molecule has 0 aliphatic heterocycles. The molecule has 0 aromatic heterocycles. The molecule has 0 spiro atoms. The number of hydrogen-bond donors (Lipinski definition) is 3. The van der Waals surface area contributed by atoms with E-state index >= 15 is 0 Å². The number of phenolic OH excluding ortho intramolecular Hbond substituents is 1. The van der Waals surface area contributed by atoms with Gasteiger partial charge in [0.25, 0.3) is 0 Å². The summed E-state index contributed by atoms with van der Waals surface area (Å²) in [7, 11) is 1.45. The fraction of sp³-hybridized carbons (Fsp3) is 0.429. The zero-order chi connectivity index (χ0) is 25.6. The standard InChI is InChI=1S/C28H35NO6/c1-3-4-5-6-7-8-9-10-11-20-12-13-21-14-15-22(27(33)23(21)18-20)28(34-2)24(29)19-35-26(32)17-16-25(30)31/h12-18,24,28,33H,3-9,19,29H2,1-2H3,(H,30,31)/t24-,28+/m0/s1. The Morgan fingerprint density at radius 1 is 1.09 bits per heavy atom. The first-order valence-corrected chi connectivity index (χ1v) is 12.0. The predicted octanol–water partition coefficient (Wildman–Crippen LogP) is 4.85. The van der Waals surface area contributed by atoms with Crippen molar-refractivity contribution < 1.29 is 29.3 Å². The number of nitrogens with two attached hydrogens (primary N) is 1. The lowest BCUT2D eigenvalue weighted by atomic mass is 9.97. The molecule has 4 N–H and O–H groups in total. The summed E-state index contributed by atoms with van der Waals surface area (Å²) in [6.45, 7) is 1.99. The number of fused-ring (bicyclic) bond motifs is 1. The van der Waals surface area contributed by atoms with Crippen LogP contribution in [0.4, 0.5) is 0 Å². The predicted molar refractivity (Wildman–Crippen MR) is 136 cm³/mol. The maximum absolute atomic E-state index is 11.6. The molecule has 2 atom stereocenters. The van der Waals surface area contributed by atoms with Crippen molar-refractivity contribution in [2.24, 2.45) is 5.73 Å². The van der Waals surface area contributed by atoms with Crippen LogP contribution in [0, 0.1) is 11.8 Å². The number of aromatic hydroxyl groups is 1. The molecule has 0 aliphatic carbocycles. The minimum Gasteiger partial charge on any atom is -0.507 e. The lowest BCUT2D eigenvalue weighted by Gasteiger charge is -2.24. The van der Waals surface area contributed by atoms with Gasteiger partial charge in [0.05, 0.1) is 6.04 Å². The summed E-state index contributed by atoms with van der Waals surface area (Å²) in [5.41, 5.74) is 7.44. The SMILES string of the molecule is CCCCCCCCC#Cc1ccc2ccc([C@@H](OC)[C@@H](N)COC(=O)C=CC(=O)O)c(O)c2c1. The normalized spacial score (nSPS) is 12.8. The van der Waals surface area contributed by atoms with Crippen LogP contribution in [0.5, 0.6) is 5.75 Å². The number of benzene rings is 2. The van der Waals surface area contributed by atoms with Crippen LogP contribution in [0.3, 0.4) is 0 Å². The third kappa shape index (κ3) is 9.08. The number of carbonyl (C=O) groups excluding carboxylic acids is 1. The van der Waals surface area contributed by atoms with Gasteiger partial charge in [-0.3, -0.25) is 0 Å². The first kappa shape index (κ1) is 27.9. The number of carboxylic acid groups (broad SMARTS) is 1. The van der Waals surface area contributed by atoms with Crippen LogP contribution in [-0.4, -0.2) is 41.9 Å². The van der Waals surface area contributed by atoms with Gasteiger partial charge in [-0.1, -0.05) is 69.1 Å². The van der Waals surface area contributed by atoms with Crippen LogP contribution in [0.1, 0.15) is 69.1 Å². The summed E-state index contributed by atoms with van der Waals surface area (Å²) in [6, 6.07) is 8.48. The van der Waals surface area contributed by atoms with Crippen molar-refractivity contribution in [3.8, 4) is 17.6 Å². The molecule has 0 unspecified atom stereocenters. The Kier molecular flexibility index (Phi) is 11.8. The molecule has 0 saturated heterocycles. The number of carboxylic acids is 1. The number of aliphatic carboxylic acids is 1. The number of ether oxygens (including phenoxy) is 2. The lowest BCUT2D eigenvalue weighted by Crippen LogP contribution is -2.35. The van der Waals surface area contributed by atoms with Gasteiger partial charge in [0.2, 0.25) is 0 Å². The van der Waals surface area contributed by atoms with Crippen molar-refractivity contribution in [2.75, 3.05) is 13.7 Å². The second-order valence-corrected chi connectivity index (χ2v) is 8.38. The number of carbonyl (C=O) groups is 2. The molecule has 35 heavy (non-hydrogen) atoms. The first-order chi connectivity index (χ1) is 16.9. The molecule has 7 nitrogen and oxygen atoms in total. The van der Waals surface area contributed by atoms with E-state index < -0.39 is 24.1 Å². The summed E-state index contributed by atoms with van der Waals surface area (Å²) >= 11 is 0. The number of hydrogen-bond acceptors (Lipinski definition) is 6. The maximum atomic E-state index is 11.6. The van der Waals surface area contributed by atoms with E-state index in [1.54, 1.807) is 6.07 Å². The van der Waals surface area contributed by atoms with Crippen LogP contribution in [-0.2, 0) is 19.1 Å². The summed E-state index contributed by atoms with van der Waals surface area (Å²) in [4.78, 5) is 22.1. The van der Waals surface area contributed by atoms with Crippen LogP contribution >= 0.6 is 0 Å². The van der Waals surface area contributed by atoms with Gasteiger partial charge in [0.15, 0.2) is 0 Å². The molecule has 2 aromatic rings. The molecule has 0 saturated carbocycles. The van der Waals surface area contributed by atoms with Crippen LogP contribution in [0.2, 0.25) is 0 Å². The second-order valence-electron chi connectivity index (χ2n) is 8.38. The van der Waals surface area contributed by atoms with Gasteiger partial charge in [-0.2, -0.15) is 0 Å². The highest BCUT2D eigenvalue weighted by Gasteiger charge is 2.24. The molecule has 0 aliphatic rings. The number of methoxy groups -OCH3 is 1. The Labute approximate surface area is 206 Å². The van der Waals surface area contributed by atoms with E-state index in [4.69, 9.17) is 20.3 Å². The molecule has 0 fully saturated rings. The van der Waals surface area contributed by atoms with Crippen molar-refractivity contribution >= 4 is 22.7 Å². The highest BCUT2D eigenvalue weighted by Crippen LogP contribution is 2.35. The molecule has 188 valence electrons. The Morgan fingerprint density at radius 3 is 2.51 bits per heavy atom. The van der Waals surface area contributed by atoms with Crippen LogP contribution in [0.15, 0.2) is 42.5 Å². The van der Waals surface area contributed by atoms with E-state index in [1.165, 1.54) is 39.2 Å². The summed E-state index contributed by atoms with van der Waals surface area (Å²) < 4.78 is 10.5. The molecular formula is C28H35NO6. The van der Waals surface area contributed by atoms with Gasteiger partial charge < -0.3 is 25.4 Å². The minimum atomic E-state index is -1.26. The maximum Gasteiger partial charge on any atom is 0.331 e. The third-order valence-electron chi connectivity index (χ3n) is 5.64. The molecule has 0 radical (unpaired) electrons. The van der Waals surface area contributed by atoms with Crippen molar-refractivity contribution in [2.45, 2.75) is 64.0 Å². The van der Waals surface area contributed by atoms with E-state index in [9.17, 15) is 14.7 Å². The zero-order valence-corrected chi connectivity index (χ0v) is 20.5. The van der Waals surface area contributed by atoms with Crippen molar-refractivity contribution in [1.82, 2.24) is 0 Å². The van der Waals surface area contributed by atoms with Gasteiger partial charge in [-0.05, 0) is 23.9 Å². The first-order valence-electron chi connectivity index (χ1n) is 12.0. The van der Waals surface area contributed by atoms with Gasteiger partial charge >= 0.3 is 11.9 Å². The monoisotopic (exact) mass is 481 g/mol. The van der Waals surface area contributed by atoms with E-state index in [0.717, 1.165) is 29.9 Å². The number of esters is 1. The van der Waals surface area contributed by atoms with E-state index in [-0.39, 0.29) is 12.4 Å². The summed E-state index contributed by atoms with van der Waals surface area (Å²) in [6.07, 6.45) is 8.94. The lowest BCUT2D eigenvalue weighted by molar-refractivity contribution is -0.140. The number of rotatable bonds is 13. The van der Waals surface area contributed by atoms with Crippen molar-refractivity contribution in [1.29, 1.82) is 0 Å². The largest absolute Gasteiger partial charge is 0.507 e. The Morgan fingerprint density at radius 2 is 1.80 bits per heavy atom. The quantitative estimate of drug-likeness (QED) is 0.162. The second kappa shape index (κ2) is 14.8. The zero-order valence-electron chi connectivity index (χ0n) is 20.5. The molecule has 2 rings (SSSR count). The molecule has 7 heteroatoms. The molecule has 0 amide bonds. The average Bonchev–Trinajstić information content (AvgIpc) is 2.85. The highest BCUT2D eigenvalue weighted by molar-refractivity contribution is 5.91.